The van der Waals surface area contributed by atoms with E-state index >= 15 is 0 Å². The average Bonchev–Trinajstić information content (AvgIpc) is 3.09. The summed E-state index contributed by atoms with van der Waals surface area (Å²) in [5, 5.41) is 12.1. The quantitative estimate of drug-likeness (QED) is 0.916. The molecule has 2 aromatic heterocycles. The number of piperidine rings is 1. The number of nitrogens with one attached hydrogen (secondary N) is 1. The SMILES string of the molecule is N#Cc1cc2ccc(C(=O)N[C@@H]3C[C@H]4CCN(C4)C3)cn2c1. The standard InChI is InChI=1S/C17H18N4O/c18-7-13-6-16-2-1-14(10-21(16)9-13)17(22)19-15-5-12-3-4-20(8-12)11-15/h1-2,6,9-10,12,15H,3-5,8,11H2,(H,19,22)/t12-,15-/m1/s1. The van der Waals surface area contributed by atoms with Gasteiger partial charge in [-0.3, -0.25) is 4.79 Å². The molecule has 2 aliphatic heterocycles. The lowest BCUT2D eigenvalue weighted by atomic mass is 9.96. The summed E-state index contributed by atoms with van der Waals surface area (Å²) in [6.07, 6.45) is 5.90. The maximum atomic E-state index is 12.5. The van der Waals surface area contributed by atoms with Gasteiger partial charge >= 0.3 is 0 Å². The number of nitrogens with zero attached hydrogens (tertiary/aromatic N) is 3. The summed E-state index contributed by atoms with van der Waals surface area (Å²) in [4.78, 5) is 14.9. The van der Waals surface area contributed by atoms with Crippen molar-refractivity contribution in [2.24, 2.45) is 5.92 Å². The van der Waals surface area contributed by atoms with Crippen LogP contribution < -0.4 is 5.32 Å². The molecule has 4 rings (SSSR count). The van der Waals surface area contributed by atoms with E-state index in [1.807, 2.05) is 22.6 Å². The number of rotatable bonds is 2. The van der Waals surface area contributed by atoms with Crippen LogP contribution in [0.25, 0.3) is 5.52 Å². The van der Waals surface area contributed by atoms with E-state index in [0.29, 0.717) is 11.1 Å². The highest BCUT2D eigenvalue weighted by molar-refractivity contribution is 5.94. The third kappa shape index (κ3) is 2.36. The second-order valence-electron chi connectivity index (χ2n) is 6.41. The van der Waals surface area contributed by atoms with Gasteiger partial charge in [-0.15, -0.1) is 0 Å². The molecule has 5 nitrogen and oxygen atoms in total. The molecule has 2 fully saturated rings. The fraction of sp³-hybridized carbons (Fsp3) is 0.412. The Labute approximate surface area is 129 Å². The van der Waals surface area contributed by atoms with Gasteiger partial charge in [-0.25, -0.2) is 0 Å². The topological polar surface area (TPSA) is 60.5 Å². The summed E-state index contributed by atoms with van der Waals surface area (Å²) in [6, 6.07) is 7.89. The fourth-order valence-electron chi connectivity index (χ4n) is 3.74. The molecule has 1 N–H and O–H groups in total. The first kappa shape index (κ1) is 13.4. The molecule has 1 unspecified atom stereocenters. The van der Waals surface area contributed by atoms with E-state index in [2.05, 4.69) is 16.3 Å². The number of hydrogen-bond donors (Lipinski definition) is 1. The average molecular weight is 294 g/mol. The van der Waals surface area contributed by atoms with Crippen LogP contribution in [0.4, 0.5) is 0 Å². The third-order valence-corrected chi connectivity index (χ3v) is 4.78. The smallest absolute Gasteiger partial charge is 0.253 e. The van der Waals surface area contributed by atoms with Gasteiger partial charge in [0.15, 0.2) is 0 Å². The van der Waals surface area contributed by atoms with Crippen LogP contribution in [-0.4, -0.2) is 40.9 Å². The molecular formula is C17H18N4O. The molecule has 3 atom stereocenters. The molecule has 2 saturated heterocycles. The normalized spacial score (nSPS) is 26.8. The van der Waals surface area contributed by atoms with Gasteiger partial charge in [-0.05, 0) is 43.5 Å². The Morgan fingerprint density at radius 2 is 2.23 bits per heavy atom. The molecule has 0 aliphatic carbocycles. The van der Waals surface area contributed by atoms with Crippen molar-refractivity contribution < 1.29 is 4.79 Å². The van der Waals surface area contributed by atoms with Crippen LogP contribution in [0.1, 0.15) is 28.8 Å². The Kier molecular flexibility index (Phi) is 3.12. The van der Waals surface area contributed by atoms with Crippen molar-refractivity contribution in [2.75, 3.05) is 19.6 Å². The molecule has 2 aliphatic rings. The summed E-state index contributed by atoms with van der Waals surface area (Å²) in [6.45, 7) is 3.33. The van der Waals surface area contributed by atoms with E-state index < -0.39 is 0 Å². The first-order valence-corrected chi connectivity index (χ1v) is 7.76. The molecule has 2 aromatic rings. The van der Waals surface area contributed by atoms with Crippen LogP contribution in [0.2, 0.25) is 0 Å². The zero-order chi connectivity index (χ0) is 15.1. The summed E-state index contributed by atoms with van der Waals surface area (Å²) in [7, 11) is 0. The highest BCUT2D eigenvalue weighted by Gasteiger charge is 2.32. The minimum absolute atomic E-state index is 0.0263. The van der Waals surface area contributed by atoms with Gasteiger partial charge in [0.05, 0.1) is 11.1 Å². The van der Waals surface area contributed by atoms with Crippen LogP contribution in [0, 0.1) is 17.2 Å². The Morgan fingerprint density at radius 3 is 3.05 bits per heavy atom. The maximum Gasteiger partial charge on any atom is 0.253 e. The zero-order valence-electron chi connectivity index (χ0n) is 12.3. The van der Waals surface area contributed by atoms with Crippen LogP contribution in [0.15, 0.2) is 30.6 Å². The Hall–Kier alpha value is -2.32. The molecule has 5 heteroatoms. The predicted molar refractivity (Wildman–Crippen MR) is 82.5 cm³/mol. The lowest BCUT2D eigenvalue weighted by Crippen LogP contribution is -2.47. The molecule has 112 valence electrons. The molecule has 22 heavy (non-hydrogen) atoms. The van der Waals surface area contributed by atoms with E-state index in [9.17, 15) is 4.79 Å². The molecule has 0 aromatic carbocycles. The van der Waals surface area contributed by atoms with Gasteiger partial charge in [-0.2, -0.15) is 5.26 Å². The summed E-state index contributed by atoms with van der Waals surface area (Å²) in [5.41, 5.74) is 2.17. The number of carbonyl (C=O) groups excluding carboxylic acids is 1. The Morgan fingerprint density at radius 1 is 1.32 bits per heavy atom. The van der Waals surface area contributed by atoms with Gasteiger partial charge in [0.2, 0.25) is 0 Å². The predicted octanol–water partition coefficient (Wildman–Crippen LogP) is 1.63. The molecule has 1 amide bonds. The highest BCUT2D eigenvalue weighted by atomic mass is 16.1. The van der Waals surface area contributed by atoms with Crippen LogP contribution in [-0.2, 0) is 0 Å². The van der Waals surface area contributed by atoms with Gasteiger partial charge < -0.3 is 14.6 Å². The van der Waals surface area contributed by atoms with Gasteiger partial charge in [0.1, 0.15) is 6.07 Å². The number of aromatic nitrogens is 1. The molecule has 0 saturated carbocycles. The van der Waals surface area contributed by atoms with Crippen LogP contribution in [0.5, 0.6) is 0 Å². The van der Waals surface area contributed by atoms with Crippen molar-refractivity contribution in [3.63, 3.8) is 0 Å². The fourth-order valence-corrected chi connectivity index (χ4v) is 3.74. The van der Waals surface area contributed by atoms with Crippen LogP contribution >= 0.6 is 0 Å². The second kappa shape index (κ2) is 5.15. The molecule has 0 radical (unpaired) electrons. The van der Waals surface area contributed by atoms with Crippen molar-refractivity contribution in [1.82, 2.24) is 14.6 Å². The molecular weight excluding hydrogens is 276 g/mol. The van der Waals surface area contributed by atoms with E-state index in [4.69, 9.17) is 5.26 Å². The number of hydrogen-bond acceptors (Lipinski definition) is 3. The molecule has 4 heterocycles. The highest BCUT2D eigenvalue weighted by Crippen LogP contribution is 2.26. The second-order valence-corrected chi connectivity index (χ2v) is 6.41. The van der Waals surface area contributed by atoms with Gasteiger partial charge in [0.25, 0.3) is 5.91 Å². The first-order valence-electron chi connectivity index (χ1n) is 7.76. The van der Waals surface area contributed by atoms with Crippen molar-refractivity contribution in [3.05, 3.63) is 41.7 Å². The summed E-state index contributed by atoms with van der Waals surface area (Å²) >= 11 is 0. The monoisotopic (exact) mass is 294 g/mol. The number of amides is 1. The van der Waals surface area contributed by atoms with E-state index in [1.165, 1.54) is 19.5 Å². The number of nitriles is 1. The van der Waals surface area contributed by atoms with E-state index in [-0.39, 0.29) is 11.9 Å². The Bertz CT molecular complexity index is 761. The minimum Gasteiger partial charge on any atom is -0.348 e. The van der Waals surface area contributed by atoms with Gasteiger partial charge in [0, 0.05) is 37.0 Å². The van der Waals surface area contributed by atoms with Crippen LogP contribution in [0.3, 0.4) is 0 Å². The van der Waals surface area contributed by atoms with Crippen molar-refractivity contribution >= 4 is 11.4 Å². The summed E-state index contributed by atoms with van der Waals surface area (Å²) < 4.78 is 1.83. The first-order chi connectivity index (χ1) is 10.7. The van der Waals surface area contributed by atoms with E-state index in [1.54, 1.807) is 12.4 Å². The maximum absolute atomic E-state index is 12.5. The lowest BCUT2D eigenvalue weighted by molar-refractivity contribution is 0.0909. The van der Waals surface area contributed by atoms with Gasteiger partial charge in [-0.1, -0.05) is 0 Å². The largest absolute Gasteiger partial charge is 0.348 e. The molecule has 0 spiro atoms. The number of fused-ring (bicyclic) bond motifs is 3. The Balaban J connectivity index is 1.51. The van der Waals surface area contributed by atoms with Crippen molar-refractivity contribution in [2.45, 2.75) is 18.9 Å². The molecule has 2 bridgehead atoms. The zero-order valence-corrected chi connectivity index (χ0v) is 12.3. The summed E-state index contributed by atoms with van der Waals surface area (Å²) in [5.74, 6) is 0.714. The van der Waals surface area contributed by atoms with Crippen molar-refractivity contribution in [3.8, 4) is 6.07 Å². The van der Waals surface area contributed by atoms with E-state index in [0.717, 1.165) is 24.4 Å². The number of pyridine rings is 1. The van der Waals surface area contributed by atoms with Crippen molar-refractivity contribution in [1.29, 1.82) is 5.26 Å². The lowest BCUT2D eigenvalue weighted by Gasteiger charge is -2.30. The number of carbonyl (C=O) groups is 1. The minimum atomic E-state index is -0.0263. The third-order valence-electron chi connectivity index (χ3n) is 4.78.